The van der Waals surface area contributed by atoms with E-state index in [9.17, 15) is 5.11 Å². The molecule has 0 aliphatic carbocycles. The van der Waals surface area contributed by atoms with Crippen LogP contribution in [0, 0.1) is 20.8 Å². The molecule has 1 N–H and O–H groups in total. The second kappa shape index (κ2) is 5.52. The lowest BCUT2D eigenvalue weighted by Gasteiger charge is -2.10. The first-order valence-corrected chi connectivity index (χ1v) is 6.51. The first-order chi connectivity index (χ1) is 9.01. The van der Waals surface area contributed by atoms with Crippen LogP contribution in [0.1, 0.15) is 42.0 Å². The van der Waals surface area contributed by atoms with Crippen LogP contribution in [-0.2, 0) is 13.0 Å². The maximum absolute atomic E-state index is 9.76. The van der Waals surface area contributed by atoms with Crippen molar-refractivity contribution in [1.29, 1.82) is 0 Å². The van der Waals surface area contributed by atoms with Gasteiger partial charge in [-0.1, -0.05) is 12.1 Å². The number of rotatable bonds is 5. The van der Waals surface area contributed by atoms with Gasteiger partial charge in [0.05, 0.1) is 18.3 Å². The van der Waals surface area contributed by atoms with Gasteiger partial charge in [0.2, 0.25) is 0 Å². The highest BCUT2D eigenvalue weighted by Crippen LogP contribution is 2.16. The molecule has 0 bridgehead atoms. The van der Waals surface area contributed by atoms with Crippen molar-refractivity contribution in [2.45, 2.75) is 53.2 Å². The highest BCUT2D eigenvalue weighted by molar-refractivity contribution is 5.24. The molecule has 1 atom stereocenters. The van der Waals surface area contributed by atoms with Gasteiger partial charge in [-0.3, -0.25) is 0 Å². The van der Waals surface area contributed by atoms with Crippen LogP contribution < -0.4 is 0 Å². The van der Waals surface area contributed by atoms with Crippen molar-refractivity contribution < 1.29 is 9.63 Å². The van der Waals surface area contributed by atoms with Gasteiger partial charge >= 0.3 is 0 Å². The van der Waals surface area contributed by atoms with Crippen molar-refractivity contribution in [2.75, 3.05) is 0 Å². The molecule has 2 rings (SSSR count). The zero-order valence-electron chi connectivity index (χ0n) is 11.8. The third-order valence-electron chi connectivity index (χ3n) is 3.23. The van der Waals surface area contributed by atoms with Crippen LogP contribution in [0.25, 0.3) is 0 Å². The smallest absolute Gasteiger partial charge is 0.147 e. The molecule has 6 nitrogen and oxygen atoms in total. The van der Waals surface area contributed by atoms with E-state index in [1.807, 2.05) is 27.7 Å². The molecule has 19 heavy (non-hydrogen) atoms. The Kier molecular flexibility index (Phi) is 3.99. The van der Waals surface area contributed by atoms with Crippen molar-refractivity contribution in [1.82, 2.24) is 19.9 Å². The average molecular weight is 264 g/mol. The predicted molar refractivity (Wildman–Crippen MR) is 69.8 cm³/mol. The molecular formula is C13H20N4O2. The number of hydrogen-bond donors (Lipinski definition) is 1. The molecule has 0 radical (unpaired) electrons. The normalized spacial score (nSPS) is 12.9. The summed E-state index contributed by atoms with van der Waals surface area (Å²) in [5.74, 6) is 2.35. The van der Waals surface area contributed by atoms with Crippen LogP contribution in [0.3, 0.4) is 0 Å². The van der Waals surface area contributed by atoms with Gasteiger partial charge in [-0.05, 0) is 27.2 Å². The number of aromatic nitrogens is 4. The Labute approximate surface area is 112 Å². The molecule has 0 aromatic carbocycles. The van der Waals surface area contributed by atoms with Gasteiger partial charge in [0.15, 0.2) is 0 Å². The summed E-state index contributed by atoms with van der Waals surface area (Å²) in [6, 6.07) is 0. The van der Waals surface area contributed by atoms with Crippen molar-refractivity contribution >= 4 is 0 Å². The van der Waals surface area contributed by atoms with Crippen molar-refractivity contribution in [3.63, 3.8) is 0 Å². The summed E-state index contributed by atoms with van der Waals surface area (Å²) in [6.45, 7) is 8.08. The largest absolute Gasteiger partial charge is 0.391 e. The number of hydrogen-bond acceptors (Lipinski definition) is 5. The fourth-order valence-electron chi connectivity index (χ4n) is 2.02. The minimum absolute atomic E-state index is 0.399. The molecular weight excluding hydrogens is 244 g/mol. The summed E-state index contributed by atoms with van der Waals surface area (Å²) in [4.78, 5) is 4.43. The van der Waals surface area contributed by atoms with Gasteiger partial charge in [-0.15, -0.1) is 0 Å². The van der Waals surface area contributed by atoms with Crippen LogP contribution in [0.2, 0.25) is 0 Å². The summed E-state index contributed by atoms with van der Waals surface area (Å²) < 4.78 is 6.93. The SMILES string of the molecule is CCC(O)Cn1nc(C)nc1Cc1c(C)noc1C. The topological polar surface area (TPSA) is 77.0 Å². The standard InChI is InChI=1S/C13H20N4O2/c1-5-11(18)7-17-13(14-10(4)15-17)6-12-8(2)16-19-9(12)3/h11,18H,5-7H2,1-4H3. The lowest BCUT2D eigenvalue weighted by atomic mass is 10.1. The summed E-state index contributed by atoms with van der Waals surface area (Å²) in [5, 5.41) is 18.0. The zero-order valence-corrected chi connectivity index (χ0v) is 11.8. The molecule has 6 heteroatoms. The van der Waals surface area contributed by atoms with Gasteiger partial charge in [0.25, 0.3) is 0 Å². The first kappa shape index (κ1) is 13.7. The van der Waals surface area contributed by atoms with Gasteiger partial charge in [0, 0.05) is 12.0 Å². The molecule has 0 saturated heterocycles. The Morgan fingerprint density at radius 2 is 2.05 bits per heavy atom. The third-order valence-corrected chi connectivity index (χ3v) is 3.23. The third kappa shape index (κ3) is 3.01. The second-order valence-corrected chi connectivity index (χ2v) is 4.80. The maximum Gasteiger partial charge on any atom is 0.147 e. The predicted octanol–water partition coefficient (Wildman–Crippen LogP) is 1.55. The Morgan fingerprint density at radius 3 is 2.63 bits per heavy atom. The van der Waals surface area contributed by atoms with E-state index in [-0.39, 0.29) is 0 Å². The Balaban J connectivity index is 2.25. The maximum atomic E-state index is 9.76. The van der Waals surface area contributed by atoms with Crippen molar-refractivity contribution in [3.8, 4) is 0 Å². The van der Waals surface area contributed by atoms with Gasteiger partial charge < -0.3 is 9.63 Å². The Bertz CT molecular complexity index is 539. The fourth-order valence-corrected chi connectivity index (χ4v) is 2.02. The van der Waals surface area contributed by atoms with Crippen LogP contribution >= 0.6 is 0 Å². The van der Waals surface area contributed by atoms with Crippen LogP contribution in [-0.4, -0.2) is 31.1 Å². The summed E-state index contributed by atoms with van der Waals surface area (Å²) in [5.41, 5.74) is 1.92. The second-order valence-electron chi connectivity index (χ2n) is 4.80. The first-order valence-electron chi connectivity index (χ1n) is 6.51. The molecule has 2 aromatic rings. The highest BCUT2D eigenvalue weighted by atomic mass is 16.5. The molecule has 104 valence electrons. The number of nitrogens with zero attached hydrogens (tertiary/aromatic N) is 4. The monoisotopic (exact) mass is 264 g/mol. The van der Waals surface area contributed by atoms with E-state index in [0.29, 0.717) is 25.2 Å². The quantitative estimate of drug-likeness (QED) is 0.886. The average Bonchev–Trinajstić information content (AvgIpc) is 2.86. The molecule has 1 unspecified atom stereocenters. The Hall–Kier alpha value is -1.69. The lowest BCUT2D eigenvalue weighted by molar-refractivity contribution is 0.144. The number of aliphatic hydroxyl groups is 1. The van der Waals surface area contributed by atoms with Crippen molar-refractivity contribution in [2.24, 2.45) is 0 Å². The van der Waals surface area contributed by atoms with E-state index in [2.05, 4.69) is 15.2 Å². The summed E-state index contributed by atoms with van der Waals surface area (Å²) >= 11 is 0. The molecule has 0 aliphatic heterocycles. The number of aliphatic hydroxyl groups excluding tert-OH is 1. The van der Waals surface area contributed by atoms with Crippen LogP contribution in [0.4, 0.5) is 0 Å². The Morgan fingerprint density at radius 1 is 1.32 bits per heavy atom. The molecule has 2 aromatic heterocycles. The molecule has 2 heterocycles. The van der Waals surface area contributed by atoms with Gasteiger partial charge in [0.1, 0.15) is 17.4 Å². The molecule has 0 aliphatic rings. The van der Waals surface area contributed by atoms with E-state index < -0.39 is 6.10 Å². The minimum Gasteiger partial charge on any atom is -0.391 e. The van der Waals surface area contributed by atoms with E-state index in [1.54, 1.807) is 4.68 Å². The number of aryl methyl sites for hydroxylation is 3. The summed E-state index contributed by atoms with van der Waals surface area (Å²) in [6.07, 6.45) is 0.923. The van der Waals surface area contributed by atoms with E-state index in [1.165, 1.54) is 0 Å². The fraction of sp³-hybridized carbons (Fsp3) is 0.615. The molecule has 0 amide bonds. The summed E-state index contributed by atoms with van der Waals surface area (Å²) in [7, 11) is 0. The molecule has 0 saturated carbocycles. The lowest BCUT2D eigenvalue weighted by Crippen LogP contribution is -2.18. The van der Waals surface area contributed by atoms with Gasteiger partial charge in [-0.2, -0.15) is 5.10 Å². The minimum atomic E-state index is -0.399. The highest BCUT2D eigenvalue weighted by Gasteiger charge is 2.16. The molecule has 0 spiro atoms. The zero-order chi connectivity index (χ0) is 14.0. The van der Waals surface area contributed by atoms with E-state index >= 15 is 0 Å². The van der Waals surface area contributed by atoms with E-state index in [4.69, 9.17) is 4.52 Å². The van der Waals surface area contributed by atoms with Crippen LogP contribution in [0.15, 0.2) is 4.52 Å². The molecule has 0 fully saturated rings. The van der Waals surface area contributed by atoms with E-state index in [0.717, 1.165) is 22.8 Å². The van der Waals surface area contributed by atoms with Crippen LogP contribution in [0.5, 0.6) is 0 Å². The van der Waals surface area contributed by atoms with Crippen molar-refractivity contribution in [3.05, 3.63) is 28.7 Å². The van der Waals surface area contributed by atoms with Gasteiger partial charge in [-0.25, -0.2) is 9.67 Å².